The Labute approximate surface area is 174 Å². The first kappa shape index (κ1) is 20.5. The van der Waals surface area contributed by atoms with Crippen molar-refractivity contribution in [2.75, 3.05) is 0 Å². The first-order valence-electron chi connectivity index (χ1n) is 11.2. The summed E-state index contributed by atoms with van der Waals surface area (Å²) in [6.45, 7) is 10.9. The highest BCUT2D eigenvalue weighted by Crippen LogP contribution is 2.66. The Bertz CT molecular complexity index is 674. The monoisotopic (exact) mass is 408 g/mol. The molecule has 1 aliphatic heterocycles. The van der Waals surface area contributed by atoms with Crippen LogP contribution in [0.3, 0.4) is 0 Å². The van der Waals surface area contributed by atoms with Crippen LogP contribution >= 0.6 is 11.6 Å². The lowest BCUT2D eigenvalue weighted by molar-refractivity contribution is -0.141. The van der Waals surface area contributed by atoms with Crippen LogP contribution in [0.15, 0.2) is 0 Å². The fourth-order valence-corrected chi connectivity index (χ4v) is 8.05. The van der Waals surface area contributed by atoms with Crippen molar-refractivity contribution in [3.8, 4) is 0 Å². The van der Waals surface area contributed by atoms with E-state index in [0.717, 1.165) is 38.5 Å². The van der Waals surface area contributed by atoms with Crippen molar-refractivity contribution in [3.63, 3.8) is 0 Å². The van der Waals surface area contributed by atoms with Crippen LogP contribution in [-0.4, -0.2) is 28.8 Å². The molecule has 1 heterocycles. The van der Waals surface area contributed by atoms with Gasteiger partial charge in [0, 0.05) is 34.7 Å². The van der Waals surface area contributed by atoms with E-state index in [4.69, 9.17) is 11.6 Å². The van der Waals surface area contributed by atoms with E-state index in [1.165, 1.54) is 0 Å². The molecule has 8 atom stereocenters. The molecule has 4 nitrogen and oxygen atoms in total. The van der Waals surface area contributed by atoms with Crippen molar-refractivity contribution >= 4 is 23.4 Å². The SMILES string of the molecule is CC(C)(C)NC(=O)[C@H]1CC[C@H]2[C@@H]3CC[C@H]4NC(=O)CC(Cl)[C@]4(C)[C@H]3CC[C@]12C. The fraction of sp³-hybridized carbons (Fsp3) is 0.913. The number of piperidine rings is 1. The van der Waals surface area contributed by atoms with Gasteiger partial charge >= 0.3 is 0 Å². The quantitative estimate of drug-likeness (QED) is 0.637. The lowest BCUT2D eigenvalue weighted by Gasteiger charge is -2.61. The van der Waals surface area contributed by atoms with Gasteiger partial charge in [0.25, 0.3) is 0 Å². The van der Waals surface area contributed by atoms with Crippen LogP contribution in [0.25, 0.3) is 0 Å². The zero-order valence-electron chi connectivity index (χ0n) is 18.1. The van der Waals surface area contributed by atoms with Crippen molar-refractivity contribution in [2.24, 2.45) is 34.5 Å². The summed E-state index contributed by atoms with van der Waals surface area (Å²) < 4.78 is 0. The number of hydrogen-bond donors (Lipinski definition) is 2. The number of fused-ring (bicyclic) bond motifs is 5. The van der Waals surface area contributed by atoms with E-state index in [2.05, 4.69) is 45.3 Å². The van der Waals surface area contributed by atoms with E-state index in [-0.39, 0.29) is 45.5 Å². The summed E-state index contributed by atoms with van der Waals surface area (Å²) in [4.78, 5) is 25.1. The van der Waals surface area contributed by atoms with Crippen LogP contribution in [0.2, 0.25) is 0 Å². The molecule has 0 aromatic rings. The number of hydrogen-bond acceptors (Lipinski definition) is 2. The lowest BCUT2D eigenvalue weighted by Crippen LogP contribution is -2.65. The van der Waals surface area contributed by atoms with Gasteiger partial charge < -0.3 is 10.6 Å². The summed E-state index contributed by atoms with van der Waals surface area (Å²) in [5.74, 6) is 2.26. The second-order valence-electron chi connectivity index (χ2n) is 11.5. The predicted molar refractivity (Wildman–Crippen MR) is 112 cm³/mol. The van der Waals surface area contributed by atoms with E-state index in [9.17, 15) is 9.59 Å². The summed E-state index contributed by atoms with van der Waals surface area (Å²) in [7, 11) is 0. The van der Waals surface area contributed by atoms with Crippen LogP contribution in [-0.2, 0) is 9.59 Å². The fourth-order valence-electron chi connectivity index (χ4n) is 7.59. The van der Waals surface area contributed by atoms with Gasteiger partial charge in [-0.25, -0.2) is 0 Å². The smallest absolute Gasteiger partial charge is 0.224 e. The topological polar surface area (TPSA) is 58.2 Å². The summed E-state index contributed by atoms with van der Waals surface area (Å²) in [6, 6.07) is 0.211. The molecule has 5 heteroatoms. The first-order chi connectivity index (χ1) is 13.0. The Morgan fingerprint density at radius 2 is 1.82 bits per heavy atom. The number of carbonyl (C=O) groups is 2. The molecule has 1 unspecified atom stereocenters. The highest BCUT2D eigenvalue weighted by Gasteiger charge is 2.63. The number of rotatable bonds is 1. The Morgan fingerprint density at radius 3 is 2.50 bits per heavy atom. The number of amides is 2. The van der Waals surface area contributed by atoms with Crippen LogP contribution in [0.5, 0.6) is 0 Å². The Hall–Kier alpha value is -0.770. The van der Waals surface area contributed by atoms with Gasteiger partial charge in [-0.2, -0.15) is 0 Å². The van der Waals surface area contributed by atoms with Crippen LogP contribution < -0.4 is 10.6 Å². The van der Waals surface area contributed by atoms with Crippen LogP contribution in [0, 0.1) is 34.5 Å². The van der Waals surface area contributed by atoms with Gasteiger partial charge in [-0.3, -0.25) is 9.59 Å². The van der Waals surface area contributed by atoms with Gasteiger partial charge in [-0.15, -0.1) is 11.6 Å². The van der Waals surface area contributed by atoms with E-state index in [1.807, 2.05) is 0 Å². The Morgan fingerprint density at radius 1 is 1.11 bits per heavy atom. The molecule has 2 amide bonds. The third kappa shape index (κ3) is 3.00. The first-order valence-corrected chi connectivity index (χ1v) is 11.7. The molecule has 4 aliphatic rings. The second-order valence-corrected chi connectivity index (χ2v) is 12.1. The molecule has 1 saturated heterocycles. The zero-order chi connectivity index (χ0) is 20.5. The number of halogens is 1. The summed E-state index contributed by atoms with van der Waals surface area (Å²) >= 11 is 6.85. The van der Waals surface area contributed by atoms with Crippen LogP contribution in [0.4, 0.5) is 0 Å². The molecule has 4 rings (SSSR count). The van der Waals surface area contributed by atoms with Crippen molar-refractivity contribution in [3.05, 3.63) is 0 Å². The maximum atomic E-state index is 13.1. The molecule has 3 saturated carbocycles. The third-order valence-electron chi connectivity index (χ3n) is 8.97. The molecule has 3 aliphatic carbocycles. The maximum absolute atomic E-state index is 13.1. The molecule has 2 N–H and O–H groups in total. The van der Waals surface area contributed by atoms with Gasteiger partial charge in [-0.05, 0) is 82.5 Å². The Balaban J connectivity index is 1.58. The summed E-state index contributed by atoms with van der Waals surface area (Å²) in [5.41, 5.74) is -0.106. The molecular weight excluding hydrogens is 372 g/mol. The normalized spacial score (nSPS) is 48.1. The Kier molecular flexibility index (Phi) is 4.85. The molecule has 0 spiro atoms. The van der Waals surface area contributed by atoms with Gasteiger partial charge in [-0.1, -0.05) is 13.8 Å². The highest BCUT2D eigenvalue weighted by molar-refractivity contribution is 6.22. The zero-order valence-corrected chi connectivity index (χ0v) is 18.9. The standard InChI is InChI=1S/C23H37ClN2O2/c1-21(2,3)26-20(28)16-8-7-14-13-6-9-18-23(5,17(24)12-19(27)25-18)15(13)10-11-22(14,16)4/h13-18H,6-12H2,1-5H3,(H,25,27)(H,26,28)/t13-,14-,15-,16+,17?,18+,22-,23-/m0/s1. The molecule has 28 heavy (non-hydrogen) atoms. The van der Waals surface area contributed by atoms with Crippen LogP contribution in [0.1, 0.15) is 79.6 Å². The molecule has 0 bridgehead atoms. The number of alkyl halides is 1. The minimum Gasteiger partial charge on any atom is -0.353 e. The van der Waals surface area contributed by atoms with Crippen molar-refractivity contribution in [2.45, 2.75) is 96.5 Å². The summed E-state index contributed by atoms with van der Waals surface area (Å²) in [5, 5.41) is 6.43. The van der Waals surface area contributed by atoms with Gasteiger partial charge in [0.2, 0.25) is 11.8 Å². The maximum Gasteiger partial charge on any atom is 0.224 e. The summed E-state index contributed by atoms with van der Waals surface area (Å²) in [6.07, 6.45) is 7.01. The van der Waals surface area contributed by atoms with Crippen molar-refractivity contribution in [1.82, 2.24) is 10.6 Å². The predicted octanol–water partition coefficient (Wildman–Crippen LogP) is 4.26. The minimum atomic E-state index is -0.180. The van der Waals surface area contributed by atoms with E-state index >= 15 is 0 Å². The minimum absolute atomic E-state index is 0.0224. The highest BCUT2D eigenvalue weighted by atomic mass is 35.5. The van der Waals surface area contributed by atoms with E-state index in [1.54, 1.807) is 0 Å². The molecule has 158 valence electrons. The van der Waals surface area contributed by atoms with E-state index < -0.39 is 0 Å². The lowest BCUT2D eigenvalue weighted by atomic mass is 9.47. The number of carbonyl (C=O) groups excluding carboxylic acids is 2. The van der Waals surface area contributed by atoms with Crippen molar-refractivity contribution in [1.29, 1.82) is 0 Å². The number of nitrogens with one attached hydrogen (secondary N) is 2. The van der Waals surface area contributed by atoms with Gasteiger partial charge in [0.1, 0.15) is 0 Å². The van der Waals surface area contributed by atoms with Gasteiger partial charge in [0.05, 0.1) is 0 Å². The third-order valence-corrected chi connectivity index (χ3v) is 9.59. The van der Waals surface area contributed by atoms with Gasteiger partial charge in [0.15, 0.2) is 0 Å². The molecule has 0 aromatic carbocycles. The largest absolute Gasteiger partial charge is 0.353 e. The molecule has 0 aromatic heterocycles. The average Bonchev–Trinajstić information content (AvgIpc) is 2.92. The average molecular weight is 409 g/mol. The molecule has 0 radical (unpaired) electrons. The van der Waals surface area contributed by atoms with E-state index in [0.29, 0.717) is 24.2 Å². The van der Waals surface area contributed by atoms with Crippen molar-refractivity contribution < 1.29 is 9.59 Å². The second kappa shape index (κ2) is 6.62. The molecule has 4 fully saturated rings. The molecular formula is C23H37ClN2O2.